The van der Waals surface area contributed by atoms with Gasteiger partial charge in [0.05, 0.1) is 7.11 Å². The Morgan fingerprint density at radius 3 is 2.31 bits per heavy atom. The second-order valence-corrected chi connectivity index (χ2v) is 8.23. The summed E-state index contributed by atoms with van der Waals surface area (Å²) < 4.78 is 9.74. The molecule has 1 aromatic carbocycles. The number of hydrogen-bond donors (Lipinski definition) is 3. The molecule has 0 aliphatic rings. The summed E-state index contributed by atoms with van der Waals surface area (Å²) in [5, 5.41) is 14.8. The molecular formula is C22H33N3O7. The lowest BCUT2D eigenvalue weighted by atomic mass is 10.0. The zero-order chi connectivity index (χ0) is 24.6. The van der Waals surface area contributed by atoms with Crippen molar-refractivity contribution in [1.29, 1.82) is 0 Å². The normalized spacial score (nSPS) is 12.8. The van der Waals surface area contributed by atoms with E-state index in [1.807, 2.05) is 0 Å². The number of phenolic OH excluding ortho intramolecular Hbond substituents is 1. The number of methoxy groups -OCH3 is 1. The number of hydrogen-bond acceptors (Lipinski definition) is 7. The van der Waals surface area contributed by atoms with Gasteiger partial charge in [-0.15, -0.1) is 0 Å². The summed E-state index contributed by atoms with van der Waals surface area (Å²) in [6.07, 6.45) is -0.762. The van der Waals surface area contributed by atoms with E-state index >= 15 is 0 Å². The van der Waals surface area contributed by atoms with E-state index in [4.69, 9.17) is 4.74 Å². The van der Waals surface area contributed by atoms with Gasteiger partial charge in [-0.25, -0.2) is 4.79 Å². The molecule has 0 saturated heterocycles. The number of benzene rings is 1. The third-order valence-corrected chi connectivity index (χ3v) is 4.46. The number of esters is 1. The first kappa shape index (κ1) is 26.7. The molecule has 1 aromatic rings. The molecular weight excluding hydrogens is 418 g/mol. The molecule has 0 spiro atoms. The van der Waals surface area contributed by atoms with Crippen molar-refractivity contribution in [2.45, 2.75) is 59.2 Å². The molecule has 2 atom stereocenters. The van der Waals surface area contributed by atoms with E-state index in [-0.39, 0.29) is 18.8 Å². The Morgan fingerprint density at radius 1 is 1.19 bits per heavy atom. The topological polar surface area (TPSA) is 134 Å². The largest absolute Gasteiger partial charge is 0.508 e. The molecule has 0 fully saturated rings. The van der Waals surface area contributed by atoms with Gasteiger partial charge in [-0.2, -0.15) is 0 Å². The monoisotopic (exact) mass is 451 g/mol. The highest BCUT2D eigenvalue weighted by molar-refractivity contribution is 5.93. The Labute approximate surface area is 188 Å². The molecule has 0 heterocycles. The Morgan fingerprint density at radius 2 is 1.81 bits per heavy atom. The first-order valence-electron chi connectivity index (χ1n) is 10.2. The van der Waals surface area contributed by atoms with Gasteiger partial charge in [-0.05, 0) is 64.8 Å². The molecule has 0 aliphatic carbocycles. The SMILES string of the molecule is CCN(C(=O)C(C)NC(=O)OC(C)(C)C)C(C(=O)NCC(=O)OC)c1ccc(O)c(C)c1. The summed E-state index contributed by atoms with van der Waals surface area (Å²) in [4.78, 5) is 51.0. The van der Waals surface area contributed by atoms with Gasteiger partial charge in [-0.1, -0.05) is 6.07 Å². The molecule has 0 aliphatic heterocycles. The van der Waals surface area contributed by atoms with E-state index in [0.29, 0.717) is 11.1 Å². The first-order chi connectivity index (χ1) is 14.8. The number of likely N-dealkylation sites (N-methyl/N-ethyl adjacent to an activating group) is 1. The fourth-order valence-corrected chi connectivity index (χ4v) is 2.91. The predicted molar refractivity (Wildman–Crippen MR) is 117 cm³/mol. The minimum absolute atomic E-state index is 0.0387. The van der Waals surface area contributed by atoms with Gasteiger partial charge in [0.2, 0.25) is 11.8 Å². The number of rotatable bonds is 8. The van der Waals surface area contributed by atoms with E-state index in [0.717, 1.165) is 0 Å². The Kier molecular flexibility index (Phi) is 9.49. The van der Waals surface area contributed by atoms with Crippen LogP contribution in [-0.2, 0) is 23.9 Å². The number of nitrogens with zero attached hydrogens (tertiary/aromatic N) is 1. The minimum atomic E-state index is -1.11. The molecule has 0 saturated carbocycles. The van der Waals surface area contributed by atoms with E-state index in [1.54, 1.807) is 40.7 Å². The standard InChI is InChI=1S/C22H33N3O7/c1-8-25(20(29)14(3)24-21(30)32-22(4,5)6)18(19(28)23-12-17(27)31-7)15-9-10-16(26)13(2)11-15/h9-11,14,18,26H,8,12H2,1-7H3,(H,23,28)(H,24,30). The molecule has 32 heavy (non-hydrogen) atoms. The molecule has 3 amide bonds. The van der Waals surface area contributed by atoms with E-state index < -0.39 is 41.6 Å². The van der Waals surface area contributed by atoms with Crippen LogP contribution in [0.15, 0.2) is 18.2 Å². The van der Waals surface area contributed by atoms with E-state index in [1.165, 1.54) is 31.1 Å². The number of ether oxygens (including phenoxy) is 2. The highest BCUT2D eigenvalue weighted by Gasteiger charge is 2.34. The Hall–Kier alpha value is -3.30. The third kappa shape index (κ3) is 7.75. The molecule has 10 heteroatoms. The highest BCUT2D eigenvalue weighted by Crippen LogP contribution is 2.26. The molecule has 0 bridgehead atoms. The second kappa shape index (κ2) is 11.4. The number of aryl methyl sites for hydroxylation is 1. The fraction of sp³-hybridized carbons (Fsp3) is 0.545. The molecule has 2 unspecified atom stereocenters. The number of aromatic hydroxyl groups is 1. The van der Waals surface area contributed by atoms with Gasteiger partial charge in [0.1, 0.15) is 30.0 Å². The van der Waals surface area contributed by atoms with Crippen LogP contribution in [0.1, 0.15) is 51.8 Å². The van der Waals surface area contributed by atoms with Gasteiger partial charge in [0.25, 0.3) is 0 Å². The summed E-state index contributed by atoms with van der Waals surface area (Å²) >= 11 is 0. The summed E-state index contributed by atoms with van der Waals surface area (Å²) in [5.74, 6) is -1.74. The van der Waals surface area contributed by atoms with Gasteiger partial charge in [0, 0.05) is 6.54 Å². The van der Waals surface area contributed by atoms with E-state index in [9.17, 15) is 24.3 Å². The van der Waals surface area contributed by atoms with Crippen LogP contribution in [0.5, 0.6) is 5.75 Å². The van der Waals surface area contributed by atoms with Crippen molar-refractivity contribution in [2.24, 2.45) is 0 Å². The Balaban J connectivity index is 3.21. The maximum absolute atomic E-state index is 13.2. The van der Waals surface area contributed by atoms with Crippen LogP contribution in [0.4, 0.5) is 4.79 Å². The maximum atomic E-state index is 13.2. The first-order valence-corrected chi connectivity index (χ1v) is 10.2. The highest BCUT2D eigenvalue weighted by atomic mass is 16.6. The van der Waals surface area contributed by atoms with Gasteiger partial charge in [0.15, 0.2) is 0 Å². The average molecular weight is 452 g/mol. The number of carbonyl (C=O) groups excluding carboxylic acids is 4. The van der Waals surface area contributed by atoms with Crippen LogP contribution >= 0.6 is 0 Å². The zero-order valence-corrected chi connectivity index (χ0v) is 19.6. The van der Waals surface area contributed by atoms with Crippen molar-refractivity contribution in [3.05, 3.63) is 29.3 Å². The van der Waals surface area contributed by atoms with Crippen molar-refractivity contribution in [2.75, 3.05) is 20.2 Å². The lowest BCUT2D eigenvalue weighted by Crippen LogP contribution is -2.52. The van der Waals surface area contributed by atoms with Crippen molar-refractivity contribution in [1.82, 2.24) is 15.5 Å². The maximum Gasteiger partial charge on any atom is 0.408 e. The van der Waals surface area contributed by atoms with Crippen molar-refractivity contribution in [3.8, 4) is 5.75 Å². The van der Waals surface area contributed by atoms with Crippen LogP contribution < -0.4 is 10.6 Å². The number of nitrogens with one attached hydrogen (secondary N) is 2. The van der Waals surface area contributed by atoms with Crippen LogP contribution in [0.25, 0.3) is 0 Å². The van der Waals surface area contributed by atoms with Crippen LogP contribution in [-0.4, -0.2) is 65.7 Å². The van der Waals surface area contributed by atoms with Crippen LogP contribution in [0.2, 0.25) is 0 Å². The van der Waals surface area contributed by atoms with Crippen molar-refractivity contribution >= 4 is 23.9 Å². The number of amides is 3. The summed E-state index contributed by atoms with van der Waals surface area (Å²) in [6.45, 7) is 9.69. The molecule has 1 rings (SSSR count). The van der Waals surface area contributed by atoms with Crippen molar-refractivity contribution < 1.29 is 33.8 Å². The molecule has 3 N–H and O–H groups in total. The number of alkyl carbamates (subject to hydrolysis) is 1. The summed E-state index contributed by atoms with van der Waals surface area (Å²) in [6, 6.07) is 2.43. The molecule has 178 valence electrons. The predicted octanol–water partition coefficient (Wildman–Crippen LogP) is 1.79. The lowest BCUT2D eigenvalue weighted by Gasteiger charge is -2.33. The number of phenols is 1. The Bertz CT molecular complexity index is 848. The fourth-order valence-electron chi connectivity index (χ4n) is 2.91. The van der Waals surface area contributed by atoms with Crippen LogP contribution in [0.3, 0.4) is 0 Å². The molecule has 0 radical (unpaired) electrons. The third-order valence-electron chi connectivity index (χ3n) is 4.46. The summed E-state index contributed by atoms with van der Waals surface area (Å²) in [7, 11) is 1.20. The smallest absolute Gasteiger partial charge is 0.408 e. The van der Waals surface area contributed by atoms with E-state index in [2.05, 4.69) is 15.4 Å². The minimum Gasteiger partial charge on any atom is -0.508 e. The lowest BCUT2D eigenvalue weighted by molar-refractivity contribution is -0.144. The average Bonchev–Trinajstić information content (AvgIpc) is 2.69. The quantitative estimate of drug-likeness (QED) is 0.513. The van der Waals surface area contributed by atoms with Crippen LogP contribution in [0, 0.1) is 6.92 Å². The van der Waals surface area contributed by atoms with Gasteiger partial charge in [-0.3, -0.25) is 14.4 Å². The number of carbonyl (C=O) groups is 4. The van der Waals surface area contributed by atoms with Crippen molar-refractivity contribution in [3.63, 3.8) is 0 Å². The molecule has 10 nitrogen and oxygen atoms in total. The van der Waals surface area contributed by atoms with Gasteiger partial charge >= 0.3 is 12.1 Å². The van der Waals surface area contributed by atoms with Gasteiger partial charge < -0.3 is 30.1 Å². The second-order valence-electron chi connectivity index (χ2n) is 8.23. The molecule has 0 aromatic heterocycles. The summed E-state index contributed by atoms with van der Waals surface area (Å²) in [5.41, 5.74) is 0.205. The zero-order valence-electron chi connectivity index (χ0n) is 19.6.